The third-order valence-corrected chi connectivity index (χ3v) is 4.39. The van der Waals surface area contributed by atoms with Crippen LogP contribution in [-0.4, -0.2) is 22.2 Å². The fourth-order valence-corrected chi connectivity index (χ4v) is 3.13. The van der Waals surface area contributed by atoms with Crippen molar-refractivity contribution in [3.8, 4) is 5.75 Å². The van der Waals surface area contributed by atoms with E-state index in [4.69, 9.17) is 0 Å². The van der Waals surface area contributed by atoms with Gasteiger partial charge in [-0.15, -0.1) is 13.2 Å². The van der Waals surface area contributed by atoms with Crippen LogP contribution >= 0.6 is 11.3 Å². The van der Waals surface area contributed by atoms with Gasteiger partial charge in [0.25, 0.3) is 5.91 Å². The third kappa shape index (κ3) is 5.55. The van der Waals surface area contributed by atoms with Crippen molar-refractivity contribution in [1.82, 2.24) is 9.88 Å². The van der Waals surface area contributed by atoms with E-state index in [0.29, 0.717) is 6.54 Å². The van der Waals surface area contributed by atoms with E-state index in [-0.39, 0.29) is 23.8 Å². The number of halogens is 3. The van der Waals surface area contributed by atoms with E-state index >= 15 is 0 Å². The topological polar surface area (TPSA) is 42.4 Å². The molecule has 0 N–H and O–H groups in total. The Morgan fingerprint density at radius 1 is 1.07 bits per heavy atom. The molecule has 27 heavy (non-hydrogen) atoms. The van der Waals surface area contributed by atoms with Crippen molar-refractivity contribution in [2.45, 2.75) is 19.5 Å². The van der Waals surface area contributed by atoms with Gasteiger partial charge in [0.1, 0.15) is 5.75 Å². The maximum atomic E-state index is 12.9. The first-order valence-electron chi connectivity index (χ1n) is 7.97. The van der Waals surface area contributed by atoms with Gasteiger partial charge in [-0.1, -0.05) is 6.07 Å². The van der Waals surface area contributed by atoms with Gasteiger partial charge in [-0.05, 0) is 58.8 Å². The van der Waals surface area contributed by atoms with Crippen molar-refractivity contribution in [1.29, 1.82) is 0 Å². The van der Waals surface area contributed by atoms with Crippen molar-refractivity contribution in [3.63, 3.8) is 0 Å². The summed E-state index contributed by atoms with van der Waals surface area (Å²) >= 11 is 1.53. The van der Waals surface area contributed by atoms with Crippen LogP contribution in [-0.2, 0) is 13.1 Å². The van der Waals surface area contributed by atoms with Gasteiger partial charge in [-0.25, -0.2) is 0 Å². The molecular weight excluding hydrogens is 377 g/mol. The van der Waals surface area contributed by atoms with E-state index in [1.165, 1.54) is 23.5 Å². The average molecular weight is 392 g/mol. The van der Waals surface area contributed by atoms with Crippen LogP contribution in [0, 0.1) is 0 Å². The maximum absolute atomic E-state index is 12.9. The smallest absolute Gasteiger partial charge is 0.406 e. The number of nitrogens with zero attached hydrogens (tertiary/aromatic N) is 2. The van der Waals surface area contributed by atoms with E-state index in [9.17, 15) is 18.0 Å². The van der Waals surface area contributed by atoms with Gasteiger partial charge in [-0.3, -0.25) is 9.78 Å². The van der Waals surface area contributed by atoms with Crippen molar-refractivity contribution in [3.05, 3.63) is 82.3 Å². The molecule has 1 amide bonds. The minimum Gasteiger partial charge on any atom is -0.406 e. The summed E-state index contributed by atoms with van der Waals surface area (Å²) in [7, 11) is 0. The lowest BCUT2D eigenvalue weighted by atomic mass is 10.1. The number of carbonyl (C=O) groups excluding carboxylic acids is 1. The van der Waals surface area contributed by atoms with Gasteiger partial charge in [0.05, 0.1) is 12.2 Å². The highest BCUT2D eigenvalue weighted by molar-refractivity contribution is 7.07. The average Bonchev–Trinajstić information content (AvgIpc) is 3.14. The zero-order valence-corrected chi connectivity index (χ0v) is 14.8. The molecular formula is C19H15F3N2O2S. The first-order chi connectivity index (χ1) is 12.9. The lowest BCUT2D eigenvalue weighted by molar-refractivity contribution is -0.274. The molecule has 0 spiro atoms. The molecule has 0 fully saturated rings. The molecule has 8 heteroatoms. The first kappa shape index (κ1) is 18.9. The largest absolute Gasteiger partial charge is 0.573 e. The number of thiophene rings is 1. The highest BCUT2D eigenvalue weighted by Gasteiger charge is 2.31. The number of hydrogen-bond donors (Lipinski definition) is 0. The molecule has 0 aliphatic carbocycles. The number of rotatable bonds is 6. The predicted octanol–water partition coefficient (Wildman–Crippen LogP) is 4.88. The van der Waals surface area contributed by atoms with Gasteiger partial charge in [0.2, 0.25) is 0 Å². The number of amides is 1. The number of carbonyl (C=O) groups is 1. The minimum absolute atomic E-state index is 0.274. The number of alkyl halides is 3. The van der Waals surface area contributed by atoms with Crippen LogP contribution in [0.4, 0.5) is 13.2 Å². The molecule has 3 rings (SSSR count). The third-order valence-electron chi connectivity index (χ3n) is 3.65. The Balaban J connectivity index is 1.79. The van der Waals surface area contributed by atoms with Crippen LogP contribution < -0.4 is 4.74 Å². The standard InChI is InChI=1S/C19H15F3N2O2S/c20-19(21,22)26-17-6-4-15(5-7-17)18(25)24(11-14-8-10-27-13-14)12-16-3-1-2-9-23-16/h1-10,13H,11-12H2. The van der Waals surface area contributed by atoms with Crippen molar-refractivity contribution in [2.75, 3.05) is 0 Å². The monoisotopic (exact) mass is 392 g/mol. The molecule has 0 saturated heterocycles. The Hall–Kier alpha value is -2.87. The molecule has 0 bridgehead atoms. The second-order valence-corrected chi connectivity index (χ2v) is 6.47. The van der Waals surface area contributed by atoms with Crippen LogP contribution in [0.15, 0.2) is 65.5 Å². The van der Waals surface area contributed by atoms with Gasteiger partial charge in [0, 0.05) is 18.3 Å². The van der Waals surface area contributed by atoms with Crippen LogP contribution in [0.2, 0.25) is 0 Å². The highest BCUT2D eigenvalue weighted by atomic mass is 32.1. The molecule has 2 aromatic heterocycles. The molecule has 2 heterocycles. The number of hydrogen-bond acceptors (Lipinski definition) is 4. The summed E-state index contributed by atoms with van der Waals surface area (Å²) in [6.07, 6.45) is -3.12. The molecule has 0 radical (unpaired) electrons. The van der Waals surface area contributed by atoms with Crippen molar-refractivity contribution >= 4 is 17.2 Å². The minimum atomic E-state index is -4.77. The van der Waals surface area contributed by atoms with Crippen LogP contribution in [0.25, 0.3) is 0 Å². The van der Waals surface area contributed by atoms with Gasteiger partial charge >= 0.3 is 6.36 Å². The van der Waals surface area contributed by atoms with Crippen LogP contribution in [0.1, 0.15) is 21.6 Å². The molecule has 0 atom stereocenters. The fourth-order valence-electron chi connectivity index (χ4n) is 2.47. The summed E-state index contributed by atoms with van der Waals surface area (Å²) in [5.41, 5.74) is 1.97. The van der Waals surface area contributed by atoms with Crippen LogP contribution in [0.5, 0.6) is 5.75 Å². The van der Waals surface area contributed by atoms with E-state index in [0.717, 1.165) is 23.4 Å². The molecule has 0 aliphatic rings. The number of ether oxygens (including phenoxy) is 1. The fraction of sp³-hybridized carbons (Fsp3) is 0.158. The van der Waals surface area contributed by atoms with Crippen molar-refractivity contribution < 1.29 is 22.7 Å². The Kier molecular flexibility index (Phi) is 5.75. The number of aromatic nitrogens is 1. The SMILES string of the molecule is O=C(c1ccc(OC(F)(F)F)cc1)N(Cc1ccsc1)Cc1ccccn1. The number of benzene rings is 1. The second kappa shape index (κ2) is 8.22. The van der Waals surface area contributed by atoms with Gasteiger partial charge < -0.3 is 9.64 Å². The highest BCUT2D eigenvalue weighted by Crippen LogP contribution is 2.23. The van der Waals surface area contributed by atoms with Crippen LogP contribution in [0.3, 0.4) is 0 Å². The Morgan fingerprint density at radius 3 is 2.44 bits per heavy atom. The maximum Gasteiger partial charge on any atom is 0.573 e. The zero-order chi connectivity index (χ0) is 19.3. The van der Waals surface area contributed by atoms with E-state index in [1.807, 2.05) is 29.0 Å². The number of pyridine rings is 1. The normalized spacial score (nSPS) is 11.2. The Bertz CT molecular complexity index is 866. The summed E-state index contributed by atoms with van der Waals surface area (Å²) in [6, 6.07) is 12.3. The molecule has 3 aromatic rings. The Labute approximate surface area is 157 Å². The summed E-state index contributed by atoms with van der Waals surface area (Å²) in [4.78, 5) is 18.8. The van der Waals surface area contributed by atoms with Gasteiger partial charge in [-0.2, -0.15) is 11.3 Å². The second-order valence-electron chi connectivity index (χ2n) is 5.69. The molecule has 0 saturated carbocycles. The summed E-state index contributed by atoms with van der Waals surface area (Å²) in [5, 5.41) is 3.86. The molecule has 1 aromatic carbocycles. The summed E-state index contributed by atoms with van der Waals surface area (Å²) < 4.78 is 40.7. The summed E-state index contributed by atoms with van der Waals surface area (Å²) in [6.45, 7) is 0.663. The first-order valence-corrected chi connectivity index (χ1v) is 8.91. The Morgan fingerprint density at radius 2 is 1.85 bits per heavy atom. The molecule has 4 nitrogen and oxygen atoms in total. The van der Waals surface area contributed by atoms with Gasteiger partial charge in [0.15, 0.2) is 0 Å². The zero-order valence-electron chi connectivity index (χ0n) is 14.0. The molecule has 0 unspecified atom stereocenters. The van der Waals surface area contributed by atoms with E-state index < -0.39 is 6.36 Å². The van der Waals surface area contributed by atoms with Crippen molar-refractivity contribution in [2.24, 2.45) is 0 Å². The lowest BCUT2D eigenvalue weighted by Crippen LogP contribution is -2.30. The van der Waals surface area contributed by atoms with E-state index in [1.54, 1.807) is 17.2 Å². The summed E-state index contributed by atoms with van der Waals surface area (Å²) in [5.74, 6) is -0.668. The molecule has 0 aliphatic heterocycles. The quantitative estimate of drug-likeness (QED) is 0.600. The predicted molar refractivity (Wildman–Crippen MR) is 95.3 cm³/mol. The molecule has 140 valence electrons. The lowest BCUT2D eigenvalue weighted by Gasteiger charge is -2.22. The van der Waals surface area contributed by atoms with E-state index in [2.05, 4.69) is 9.72 Å².